The zero-order valence-corrected chi connectivity index (χ0v) is 17.7. The number of carbonyl (C=O) groups is 2. The van der Waals surface area contributed by atoms with Gasteiger partial charge in [-0.2, -0.15) is 0 Å². The maximum absolute atomic E-state index is 13.2. The van der Waals surface area contributed by atoms with Gasteiger partial charge in [0.15, 0.2) is 0 Å². The molecule has 2 aromatic rings. The highest BCUT2D eigenvalue weighted by atomic mass is 16.5. The van der Waals surface area contributed by atoms with Crippen molar-refractivity contribution in [3.63, 3.8) is 0 Å². The maximum Gasteiger partial charge on any atom is 0.278 e. The Morgan fingerprint density at radius 2 is 1.71 bits per heavy atom. The lowest BCUT2D eigenvalue weighted by molar-refractivity contribution is -0.136. The molecule has 0 aliphatic carbocycles. The predicted octanol–water partition coefficient (Wildman–Crippen LogP) is 2.57. The Hall–Kier alpha value is -3.61. The van der Waals surface area contributed by atoms with Gasteiger partial charge in [0.25, 0.3) is 11.8 Å². The number of imide groups is 1. The van der Waals surface area contributed by atoms with Crippen LogP contribution in [0.2, 0.25) is 0 Å². The van der Waals surface area contributed by atoms with E-state index in [1.807, 2.05) is 54.3 Å². The summed E-state index contributed by atoms with van der Waals surface area (Å²) in [5.41, 5.74) is 1.63. The second-order valence-corrected chi connectivity index (χ2v) is 7.35. The molecule has 7 nitrogen and oxygen atoms in total. The van der Waals surface area contributed by atoms with Crippen molar-refractivity contribution in [2.75, 3.05) is 44.2 Å². The zero-order valence-electron chi connectivity index (χ0n) is 17.7. The quantitative estimate of drug-likeness (QED) is 0.509. The third-order valence-corrected chi connectivity index (χ3v) is 5.48. The summed E-state index contributed by atoms with van der Waals surface area (Å²) < 4.78 is 5.51. The molecule has 7 heteroatoms. The van der Waals surface area contributed by atoms with E-state index in [9.17, 15) is 9.59 Å². The number of amides is 2. The Bertz CT molecular complexity index is 993. The van der Waals surface area contributed by atoms with Crippen LogP contribution < -0.4 is 9.64 Å². The summed E-state index contributed by atoms with van der Waals surface area (Å²) in [6.45, 7) is 9.08. The third kappa shape index (κ3) is 4.03. The number of pyridine rings is 1. The van der Waals surface area contributed by atoms with E-state index in [2.05, 4.69) is 16.5 Å². The second kappa shape index (κ2) is 9.04. The first-order valence-electron chi connectivity index (χ1n) is 10.5. The molecule has 2 amide bonds. The van der Waals surface area contributed by atoms with Gasteiger partial charge < -0.3 is 14.5 Å². The molecular weight excluding hydrogens is 392 g/mol. The fraction of sp³-hybridized carbons (Fsp3) is 0.292. The number of carbonyl (C=O) groups excluding carboxylic acids is 2. The fourth-order valence-electron chi connectivity index (χ4n) is 4.00. The van der Waals surface area contributed by atoms with E-state index in [0.29, 0.717) is 31.0 Å². The van der Waals surface area contributed by atoms with Crippen molar-refractivity contribution in [2.24, 2.45) is 0 Å². The minimum Gasteiger partial charge on any atom is -0.494 e. The van der Waals surface area contributed by atoms with Crippen molar-refractivity contribution in [2.45, 2.75) is 6.92 Å². The van der Waals surface area contributed by atoms with Crippen LogP contribution in [-0.4, -0.2) is 65.9 Å². The largest absolute Gasteiger partial charge is 0.494 e. The Balaban J connectivity index is 1.63. The molecule has 1 saturated heterocycles. The number of hydrogen-bond donors (Lipinski definition) is 0. The average Bonchev–Trinajstić information content (AvgIpc) is 3.06. The van der Waals surface area contributed by atoms with Crippen LogP contribution in [0.5, 0.6) is 5.75 Å². The van der Waals surface area contributed by atoms with Crippen molar-refractivity contribution in [1.29, 1.82) is 0 Å². The highest BCUT2D eigenvalue weighted by Gasteiger charge is 2.41. The lowest BCUT2D eigenvalue weighted by Crippen LogP contribution is -2.47. The number of piperazine rings is 1. The molecule has 160 valence electrons. The van der Waals surface area contributed by atoms with E-state index in [1.54, 1.807) is 12.3 Å². The number of hydrogen-bond acceptors (Lipinski definition) is 6. The molecule has 0 N–H and O–H groups in total. The topological polar surface area (TPSA) is 66.0 Å². The molecule has 1 aromatic heterocycles. The number of rotatable bonds is 7. The monoisotopic (exact) mass is 418 g/mol. The maximum atomic E-state index is 13.2. The Morgan fingerprint density at radius 3 is 2.32 bits per heavy atom. The highest BCUT2D eigenvalue weighted by molar-refractivity contribution is 6.35. The molecule has 0 spiro atoms. The average molecular weight is 418 g/mol. The van der Waals surface area contributed by atoms with Gasteiger partial charge in [0.1, 0.15) is 17.3 Å². The SMILES string of the molecule is C=CCN1C(=O)C(c2ccc(OCC)cc2)=C(N2CCN(c3ccccn3)CC2)C1=O. The number of benzene rings is 1. The summed E-state index contributed by atoms with van der Waals surface area (Å²) in [5, 5.41) is 0. The summed E-state index contributed by atoms with van der Waals surface area (Å²) in [6.07, 6.45) is 3.36. The minimum atomic E-state index is -0.281. The summed E-state index contributed by atoms with van der Waals surface area (Å²) in [7, 11) is 0. The molecule has 0 atom stereocenters. The number of anilines is 1. The number of ether oxygens (including phenoxy) is 1. The van der Waals surface area contributed by atoms with Gasteiger partial charge in [0, 0.05) is 38.9 Å². The first-order chi connectivity index (χ1) is 15.1. The summed E-state index contributed by atoms with van der Waals surface area (Å²) in [5.74, 6) is 1.11. The standard InChI is InChI=1S/C24H26N4O3/c1-3-13-28-23(29)21(18-8-10-19(11-9-18)31-4-2)22(24(28)30)27-16-14-26(15-17-27)20-7-5-6-12-25-20/h3,5-12H,1,4,13-17H2,2H3. The summed E-state index contributed by atoms with van der Waals surface area (Å²) >= 11 is 0. The van der Waals surface area contributed by atoms with Crippen molar-refractivity contribution in [1.82, 2.24) is 14.8 Å². The van der Waals surface area contributed by atoms with E-state index in [4.69, 9.17) is 4.74 Å². The van der Waals surface area contributed by atoms with Gasteiger partial charge in [-0.05, 0) is 36.8 Å². The van der Waals surface area contributed by atoms with E-state index in [1.165, 1.54) is 4.90 Å². The van der Waals surface area contributed by atoms with Crippen LogP contribution in [0.3, 0.4) is 0 Å². The first kappa shape index (κ1) is 20.7. The smallest absolute Gasteiger partial charge is 0.278 e. The third-order valence-electron chi connectivity index (χ3n) is 5.48. The predicted molar refractivity (Wildman–Crippen MR) is 119 cm³/mol. The van der Waals surface area contributed by atoms with E-state index in [-0.39, 0.29) is 18.4 Å². The molecule has 3 heterocycles. The molecule has 1 aromatic carbocycles. The van der Waals surface area contributed by atoms with Crippen LogP contribution in [0.25, 0.3) is 5.57 Å². The van der Waals surface area contributed by atoms with Crippen LogP contribution in [0, 0.1) is 0 Å². The minimum absolute atomic E-state index is 0.190. The van der Waals surface area contributed by atoms with Crippen LogP contribution in [-0.2, 0) is 9.59 Å². The lowest BCUT2D eigenvalue weighted by atomic mass is 10.0. The molecule has 31 heavy (non-hydrogen) atoms. The van der Waals surface area contributed by atoms with Crippen LogP contribution in [0.1, 0.15) is 12.5 Å². The Kier molecular flexibility index (Phi) is 6.02. The van der Waals surface area contributed by atoms with Crippen LogP contribution >= 0.6 is 0 Å². The van der Waals surface area contributed by atoms with Gasteiger partial charge in [-0.1, -0.05) is 24.3 Å². The lowest BCUT2D eigenvalue weighted by Gasteiger charge is -2.37. The van der Waals surface area contributed by atoms with Gasteiger partial charge in [0.2, 0.25) is 0 Å². The second-order valence-electron chi connectivity index (χ2n) is 7.35. The summed E-state index contributed by atoms with van der Waals surface area (Å²) in [6, 6.07) is 13.2. The van der Waals surface area contributed by atoms with Crippen LogP contribution in [0.4, 0.5) is 5.82 Å². The molecule has 0 unspecified atom stereocenters. The molecule has 2 aliphatic rings. The fourth-order valence-corrected chi connectivity index (χ4v) is 4.00. The van der Waals surface area contributed by atoms with Crippen molar-refractivity contribution in [3.05, 3.63) is 72.6 Å². The van der Waals surface area contributed by atoms with Crippen LogP contribution in [0.15, 0.2) is 67.0 Å². The van der Waals surface area contributed by atoms with Gasteiger partial charge in [-0.15, -0.1) is 6.58 Å². The van der Waals surface area contributed by atoms with E-state index in [0.717, 1.165) is 30.2 Å². The van der Waals surface area contributed by atoms with Crippen molar-refractivity contribution in [3.8, 4) is 5.75 Å². The molecule has 0 saturated carbocycles. The van der Waals surface area contributed by atoms with E-state index >= 15 is 0 Å². The molecule has 1 fully saturated rings. The van der Waals surface area contributed by atoms with Gasteiger partial charge >= 0.3 is 0 Å². The molecule has 0 bridgehead atoms. The van der Waals surface area contributed by atoms with Crippen molar-refractivity contribution >= 4 is 23.2 Å². The van der Waals surface area contributed by atoms with Gasteiger partial charge in [-0.3, -0.25) is 14.5 Å². The molecule has 4 rings (SSSR count). The summed E-state index contributed by atoms with van der Waals surface area (Å²) in [4.78, 5) is 36.3. The van der Waals surface area contributed by atoms with Gasteiger partial charge in [-0.25, -0.2) is 4.98 Å². The van der Waals surface area contributed by atoms with E-state index < -0.39 is 0 Å². The molecule has 2 aliphatic heterocycles. The van der Waals surface area contributed by atoms with Gasteiger partial charge in [0.05, 0.1) is 12.2 Å². The normalized spacial score (nSPS) is 16.9. The molecule has 0 radical (unpaired) electrons. The Morgan fingerprint density at radius 1 is 1.00 bits per heavy atom. The Labute approximate surface area is 182 Å². The molecular formula is C24H26N4O3. The first-order valence-corrected chi connectivity index (χ1v) is 10.5. The number of aromatic nitrogens is 1. The highest BCUT2D eigenvalue weighted by Crippen LogP contribution is 2.33. The number of nitrogens with zero attached hydrogens (tertiary/aromatic N) is 4. The zero-order chi connectivity index (χ0) is 21.8. The van der Waals surface area contributed by atoms with Crippen molar-refractivity contribution < 1.29 is 14.3 Å².